The minimum absolute atomic E-state index is 0.0538. The van der Waals surface area contributed by atoms with Gasteiger partial charge in [0.15, 0.2) is 0 Å². The molecule has 2 atom stereocenters. The van der Waals surface area contributed by atoms with Gasteiger partial charge in [-0.2, -0.15) is 0 Å². The number of phenols is 1. The van der Waals surface area contributed by atoms with Crippen molar-refractivity contribution in [3.63, 3.8) is 0 Å². The fourth-order valence-corrected chi connectivity index (χ4v) is 9.04. The van der Waals surface area contributed by atoms with Crippen molar-refractivity contribution in [3.8, 4) is 11.5 Å². The number of amides is 1. The highest BCUT2D eigenvalue weighted by molar-refractivity contribution is 5.97. The lowest BCUT2D eigenvalue weighted by atomic mass is 9.84. The van der Waals surface area contributed by atoms with Crippen LogP contribution in [0.25, 0.3) is 16.5 Å². The van der Waals surface area contributed by atoms with E-state index in [4.69, 9.17) is 9.47 Å². The van der Waals surface area contributed by atoms with E-state index in [1.807, 2.05) is 48.5 Å². The van der Waals surface area contributed by atoms with E-state index >= 15 is 0 Å². The van der Waals surface area contributed by atoms with Crippen molar-refractivity contribution in [2.45, 2.75) is 56.8 Å². The number of hydrogen-bond acceptors (Lipinski definition) is 9. The first kappa shape index (κ1) is 44.1. The minimum Gasteiger partial charge on any atom is -0.506 e. The van der Waals surface area contributed by atoms with E-state index in [-0.39, 0.29) is 29.7 Å². The molecule has 5 aromatic carbocycles. The molecule has 0 aliphatic carbocycles. The zero-order valence-electron chi connectivity index (χ0n) is 36.1. The number of nitrogens with zero attached hydrogens (tertiary/aromatic N) is 2. The number of esters is 1. The fraction of sp³-hybridized carbons (Fsp3) is 0.302. The number of carbonyl (C=O) groups excluding carboxylic acids is 2. The molecule has 0 bridgehead atoms. The molecular weight excluding hydrogens is 807 g/mol. The van der Waals surface area contributed by atoms with Crippen LogP contribution in [0, 0.1) is 5.92 Å². The summed E-state index contributed by atoms with van der Waals surface area (Å²) in [5.74, 6) is -0.221. The molecule has 11 heteroatoms. The number of piperidine rings is 1. The van der Waals surface area contributed by atoms with Crippen LogP contribution in [0.5, 0.6) is 11.5 Å². The summed E-state index contributed by atoms with van der Waals surface area (Å²) >= 11 is 0. The van der Waals surface area contributed by atoms with Crippen molar-refractivity contribution in [1.82, 2.24) is 14.8 Å². The molecule has 3 heterocycles. The van der Waals surface area contributed by atoms with Crippen LogP contribution in [0.1, 0.15) is 81.9 Å². The van der Waals surface area contributed by atoms with Gasteiger partial charge in [0.2, 0.25) is 11.2 Å². The van der Waals surface area contributed by atoms with Gasteiger partial charge in [-0.15, -0.1) is 0 Å². The third-order valence-corrected chi connectivity index (χ3v) is 12.7. The van der Waals surface area contributed by atoms with Gasteiger partial charge in [-0.25, -0.2) is 4.79 Å². The van der Waals surface area contributed by atoms with Gasteiger partial charge < -0.3 is 34.7 Å². The number of aromatic nitrogens is 1. The van der Waals surface area contributed by atoms with Crippen LogP contribution in [-0.4, -0.2) is 81.9 Å². The highest BCUT2D eigenvalue weighted by Gasteiger charge is 2.42. The monoisotopic (exact) mass is 861 g/mol. The molecule has 2 aliphatic heterocycles. The molecule has 1 saturated heterocycles. The summed E-state index contributed by atoms with van der Waals surface area (Å²) in [4.78, 5) is 46.6. The Morgan fingerprint density at radius 1 is 0.844 bits per heavy atom. The lowest BCUT2D eigenvalue weighted by Crippen LogP contribution is -2.40. The second-order valence-corrected chi connectivity index (χ2v) is 16.9. The summed E-state index contributed by atoms with van der Waals surface area (Å²) in [6, 6.07) is 38.5. The molecule has 0 saturated carbocycles. The number of aromatic amines is 1. The van der Waals surface area contributed by atoms with Gasteiger partial charge in [0.05, 0.1) is 30.9 Å². The predicted molar refractivity (Wildman–Crippen MR) is 247 cm³/mol. The second-order valence-electron chi connectivity index (χ2n) is 16.9. The average molecular weight is 862 g/mol. The number of hydrogen-bond donors (Lipinski definition) is 4. The molecule has 4 N–H and O–H groups in total. The molecule has 6 aromatic rings. The van der Waals surface area contributed by atoms with E-state index in [0.29, 0.717) is 77.7 Å². The Balaban J connectivity index is 0.890. The number of likely N-dealkylation sites (tertiary alicyclic amines) is 1. The SMILES string of the molecule is COc1cc(CCC[C@H](O)c2ccc(O)c3[nH]c(=O)ccc23)ccc1C(=O)N1CC=C(c2cccc([C@](O)(C(=O)OCC3CCN(Cc4ccccc4)CC3)c3ccccc3)c2)CC1. The molecule has 1 amide bonds. The Morgan fingerprint density at radius 3 is 2.33 bits per heavy atom. The average Bonchev–Trinajstić information content (AvgIpc) is 3.34. The molecule has 0 spiro atoms. The Kier molecular flexibility index (Phi) is 13.7. The number of aliphatic hydroxyl groups is 2. The molecule has 2 aliphatic rings. The highest BCUT2D eigenvalue weighted by Crippen LogP contribution is 2.36. The molecule has 11 nitrogen and oxygen atoms in total. The van der Waals surface area contributed by atoms with Crippen LogP contribution in [-0.2, 0) is 28.1 Å². The van der Waals surface area contributed by atoms with Gasteiger partial charge in [-0.05, 0) is 121 Å². The fourth-order valence-electron chi connectivity index (χ4n) is 9.04. The van der Waals surface area contributed by atoms with Crippen LogP contribution in [0.3, 0.4) is 0 Å². The number of rotatable bonds is 15. The van der Waals surface area contributed by atoms with Crippen LogP contribution in [0.15, 0.2) is 138 Å². The summed E-state index contributed by atoms with van der Waals surface area (Å²) in [5, 5.41) is 34.2. The molecule has 330 valence electrons. The Labute approximate surface area is 373 Å². The van der Waals surface area contributed by atoms with E-state index in [1.165, 1.54) is 17.7 Å². The summed E-state index contributed by atoms with van der Waals surface area (Å²) in [5.41, 5.74) is 4.00. The number of fused-ring (bicyclic) bond motifs is 1. The molecule has 64 heavy (non-hydrogen) atoms. The van der Waals surface area contributed by atoms with Gasteiger partial charge in [-0.3, -0.25) is 14.5 Å². The standard InChI is InChI=1S/C53H55N3O8/c1-63-48-32-36(12-8-17-46(57)43-20-22-47(58)50-44(43)21-23-49(59)54-50)18-19-45(48)51(60)56-30-26-39(27-31-56)40-13-9-16-42(33-40)53(62,41-14-6-3-7-15-41)52(61)64-35-38-24-28-55(29-25-38)34-37-10-4-2-5-11-37/h2-7,9-11,13-16,18-23,26,32-33,38,46,57-58,62H,8,12,17,24-25,27-31,34-35H2,1H3,(H,54,59)/t46-,53-/m0/s1. The summed E-state index contributed by atoms with van der Waals surface area (Å²) in [6.45, 7) is 3.81. The third-order valence-electron chi connectivity index (χ3n) is 12.7. The lowest BCUT2D eigenvalue weighted by Gasteiger charge is -2.33. The topological polar surface area (TPSA) is 153 Å². The van der Waals surface area contributed by atoms with Crippen LogP contribution < -0.4 is 10.3 Å². The number of ether oxygens (including phenoxy) is 2. The van der Waals surface area contributed by atoms with Crippen LogP contribution >= 0.6 is 0 Å². The number of pyridine rings is 1. The molecule has 8 rings (SSSR count). The molecular formula is C53H55N3O8. The minimum atomic E-state index is -2.02. The Bertz CT molecular complexity index is 2670. The smallest absolute Gasteiger partial charge is 0.347 e. The number of methoxy groups -OCH3 is 1. The van der Waals surface area contributed by atoms with Crippen LogP contribution in [0.2, 0.25) is 0 Å². The zero-order valence-corrected chi connectivity index (χ0v) is 36.1. The predicted octanol–water partition coefficient (Wildman–Crippen LogP) is 7.92. The quantitative estimate of drug-likeness (QED) is 0.0755. The van der Waals surface area contributed by atoms with E-state index in [1.54, 1.807) is 60.5 Å². The maximum atomic E-state index is 14.0. The number of phenolic OH excluding ortho intramolecular Hbond substituents is 1. The maximum Gasteiger partial charge on any atom is 0.347 e. The molecule has 0 radical (unpaired) electrons. The maximum absolute atomic E-state index is 14.0. The van der Waals surface area contributed by atoms with Crippen molar-refractivity contribution < 1.29 is 34.4 Å². The van der Waals surface area contributed by atoms with Crippen molar-refractivity contribution in [2.24, 2.45) is 5.92 Å². The number of aliphatic hydroxyl groups excluding tert-OH is 1. The van der Waals surface area contributed by atoms with E-state index in [2.05, 4.69) is 34.1 Å². The lowest BCUT2D eigenvalue weighted by molar-refractivity contribution is -0.164. The first-order chi connectivity index (χ1) is 31.1. The molecule has 1 fully saturated rings. The number of benzene rings is 5. The molecule has 1 aromatic heterocycles. The van der Waals surface area contributed by atoms with Gasteiger partial charge in [-0.1, -0.05) is 97.1 Å². The van der Waals surface area contributed by atoms with E-state index < -0.39 is 17.7 Å². The molecule has 0 unspecified atom stereocenters. The summed E-state index contributed by atoms with van der Waals surface area (Å²) in [7, 11) is 1.55. The Morgan fingerprint density at radius 2 is 1.59 bits per heavy atom. The van der Waals surface area contributed by atoms with Gasteiger partial charge in [0.1, 0.15) is 11.5 Å². The van der Waals surface area contributed by atoms with Gasteiger partial charge in [0.25, 0.3) is 5.91 Å². The van der Waals surface area contributed by atoms with Crippen molar-refractivity contribution in [2.75, 3.05) is 39.9 Å². The highest BCUT2D eigenvalue weighted by atomic mass is 16.5. The number of nitrogens with one attached hydrogen (secondary N) is 1. The summed E-state index contributed by atoms with van der Waals surface area (Å²) < 4.78 is 11.7. The Hall–Kier alpha value is -6.53. The van der Waals surface area contributed by atoms with Gasteiger partial charge >= 0.3 is 5.97 Å². The normalized spacial score (nSPS) is 16.2. The van der Waals surface area contributed by atoms with E-state index in [9.17, 15) is 29.7 Å². The first-order valence-electron chi connectivity index (χ1n) is 22.1. The first-order valence-corrected chi connectivity index (χ1v) is 22.1. The van der Waals surface area contributed by atoms with Gasteiger partial charge in [0, 0.05) is 36.7 Å². The van der Waals surface area contributed by atoms with Crippen molar-refractivity contribution in [3.05, 3.63) is 183 Å². The van der Waals surface area contributed by atoms with Crippen LogP contribution in [0.4, 0.5) is 0 Å². The zero-order chi connectivity index (χ0) is 44.6. The number of aromatic hydroxyl groups is 1. The van der Waals surface area contributed by atoms with E-state index in [0.717, 1.165) is 49.2 Å². The largest absolute Gasteiger partial charge is 0.506 e. The third kappa shape index (κ3) is 9.82. The number of H-pyrrole nitrogens is 1. The number of carbonyl (C=O) groups is 2. The number of aryl methyl sites for hydroxylation is 1. The second kappa shape index (κ2) is 19.9. The van der Waals surface area contributed by atoms with Crippen molar-refractivity contribution >= 4 is 28.4 Å². The van der Waals surface area contributed by atoms with Crippen molar-refractivity contribution in [1.29, 1.82) is 0 Å². The summed E-state index contributed by atoms with van der Waals surface area (Å²) in [6.07, 6.45) is 5.32.